The van der Waals surface area contributed by atoms with E-state index in [2.05, 4.69) is 13.8 Å². The number of nitriles is 1. The molecule has 0 heterocycles. The summed E-state index contributed by atoms with van der Waals surface area (Å²) in [5, 5.41) is 8.45. The lowest BCUT2D eigenvalue weighted by Crippen LogP contribution is -2.27. The number of hydrogen-bond donors (Lipinski definition) is 0. The molecular weight excluding hydrogens is 228 g/mol. The molecule has 0 aliphatic heterocycles. The van der Waals surface area contributed by atoms with Crippen molar-refractivity contribution in [3.05, 3.63) is 35.4 Å². The molecule has 1 rings (SSSR count). The monoisotopic (exact) mass is 246 g/mol. The molecule has 0 aromatic heterocycles. The van der Waals surface area contributed by atoms with Crippen LogP contribution < -0.4 is 0 Å². The van der Waals surface area contributed by atoms with Crippen LogP contribution in [0.15, 0.2) is 24.3 Å². The van der Waals surface area contributed by atoms with Crippen molar-refractivity contribution in [3.63, 3.8) is 0 Å². The van der Waals surface area contributed by atoms with Crippen molar-refractivity contribution < 1.29 is 9.53 Å². The Bertz CT molecular complexity index is 432. The second-order valence-electron chi connectivity index (χ2n) is 4.47. The molecule has 0 saturated heterocycles. The smallest absolute Gasteiger partial charge is 0.410 e. The van der Waals surface area contributed by atoms with Crippen LogP contribution in [0, 0.1) is 11.3 Å². The highest BCUT2D eigenvalue weighted by Gasteiger charge is 2.09. The Morgan fingerprint density at radius 2 is 2.00 bits per heavy atom. The molecule has 0 fully saturated rings. The van der Waals surface area contributed by atoms with E-state index in [0.717, 1.165) is 5.56 Å². The van der Waals surface area contributed by atoms with E-state index in [1.165, 1.54) is 17.5 Å². The number of hydrogen-bond acceptors (Lipinski definition) is 3. The van der Waals surface area contributed by atoms with Gasteiger partial charge in [0.15, 0.2) is 0 Å². The fraction of sp³-hybridized carbons (Fsp3) is 0.429. The molecule has 0 saturated carbocycles. The third-order valence-corrected chi connectivity index (χ3v) is 2.63. The van der Waals surface area contributed by atoms with Crippen molar-refractivity contribution in [2.24, 2.45) is 0 Å². The minimum atomic E-state index is -0.482. The van der Waals surface area contributed by atoms with Crippen molar-refractivity contribution in [3.8, 4) is 6.07 Å². The number of amides is 1. The summed E-state index contributed by atoms with van der Waals surface area (Å²) in [7, 11) is 1.54. The molecule has 1 aromatic carbocycles. The van der Waals surface area contributed by atoms with Crippen LogP contribution in [0.25, 0.3) is 0 Å². The Balaban J connectivity index is 2.49. The quantitative estimate of drug-likeness (QED) is 0.767. The number of nitrogens with zero attached hydrogens (tertiary/aromatic N) is 2. The number of benzene rings is 1. The summed E-state index contributed by atoms with van der Waals surface area (Å²) in [5.74, 6) is 0.489. The average molecular weight is 246 g/mol. The number of rotatable bonds is 4. The first-order chi connectivity index (χ1) is 8.54. The fourth-order valence-corrected chi connectivity index (χ4v) is 1.42. The maximum absolute atomic E-state index is 11.4. The van der Waals surface area contributed by atoms with E-state index in [1.54, 1.807) is 0 Å². The van der Waals surface area contributed by atoms with Gasteiger partial charge in [-0.3, -0.25) is 4.90 Å². The van der Waals surface area contributed by atoms with Crippen LogP contribution >= 0.6 is 0 Å². The molecule has 1 aromatic rings. The number of carbonyl (C=O) groups is 1. The normalized spacial score (nSPS) is 9.94. The van der Waals surface area contributed by atoms with Crippen LogP contribution in [0.4, 0.5) is 4.79 Å². The zero-order valence-corrected chi connectivity index (χ0v) is 11.0. The highest BCUT2D eigenvalue weighted by atomic mass is 16.6. The van der Waals surface area contributed by atoms with Gasteiger partial charge in [-0.2, -0.15) is 5.26 Å². The molecule has 0 spiro atoms. The van der Waals surface area contributed by atoms with Crippen LogP contribution in [0.1, 0.15) is 30.9 Å². The SMILES string of the molecule is CC(C)c1ccc(COC(=O)N(C)CC#N)cc1. The van der Waals surface area contributed by atoms with Crippen molar-refractivity contribution >= 4 is 6.09 Å². The molecule has 0 unspecified atom stereocenters. The Morgan fingerprint density at radius 3 is 2.50 bits per heavy atom. The lowest BCUT2D eigenvalue weighted by Gasteiger charge is -2.13. The van der Waals surface area contributed by atoms with Gasteiger partial charge in [0.2, 0.25) is 0 Å². The summed E-state index contributed by atoms with van der Waals surface area (Å²) in [4.78, 5) is 12.7. The van der Waals surface area contributed by atoms with Gasteiger partial charge in [0, 0.05) is 7.05 Å². The maximum atomic E-state index is 11.4. The molecule has 0 aliphatic rings. The molecule has 4 nitrogen and oxygen atoms in total. The number of ether oxygens (including phenoxy) is 1. The van der Waals surface area contributed by atoms with E-state index in [0.29, 0.717) is 5.92 Å². The molecule has 18 heavy (non-hydrogen) atoms. The topological polar surface area (TPSA) is 53.3 Å². The second-order valence-corrected chi connectivity index (χ2v) is 4.47. The van der Waals surface area contributed by atoms with Gasteiger partial charge < -0.3 is 4.74 Å². The van der Waals surface area contributed by atoms with E-state index in [4.69, 9.17) is 10.00 Å². The van der Waals surface area contributed by atoms with Crippen molar-refractivity contribution in [1.29, 1.82) is 5.26 Å². The third-order valence-electron chi connectivity index (χ3n) is 2.63. The molecule has 0 atom stereocenters. The van der Waals surface area contributed by atoms with E-state index < -0.39 is 6.09 Å². The van der Waals surface area contributed by atoms with Crippen molar-refractivity contribution in [1.82, 2.24) is 4.90 Å². The van der Waals surface area contributed by atoms with Crippen LogP contribution in [-0.4, -0.2) is 24.6 Å². The van der Waals surface area contributed by atoms with Crippen LogP contribution in [0.2, 0.25) is 0 Å². The number of carbonyl (C=O) groups excluding carboxylic acids is 1. The summed E-state index contributed by atoms with van der Waals surface area (Å²) in [6.07, 6.45) is -0.482. The summed E-state index contributed by atoms with van der Waals surface area (Å²) in [5.41, 5.74) is 2.20. The first-order valence-corrected chi connectivity index (χ1v) is 5.88. The second kappa shape index (κ2) is 6.65. The largest absolute Gasteiger partial charge is 0.445 e. The van der Waals surface area contributed by atoms with Gasteiger partial charge in [-0.15, -0.1) is 0 Å². The summed E-state index contributed by atoms with van der Waals surface area (Å²) in [6.45, 7) is 4.52. The molecule has 0 aliphatic carbocycles. The minimum Gasteiger partial charge on any atom is -0.445 e. The highest BCUT2D eigenvalue weighted by molar-refractivity contribution is 5.67. The van der Waals surface area contributed by atoms with Crippen molar-refractivity contribution in [2.45, 2.75) is 26.4 Å². The molecule has 0 bridgehead atoms. The summed E-state index contributed by atoms with van der Waals surface area (Å²) >= 11 is 0. The van der Waals surface area contributed by atoms with Gasteiger partial charge in [0.1, 0.15) is 13.2 Å². The molecular formula is C14H18N2O2. The predicted octanol–water partition coefficient (Wildman–Crippen LogP) is 2.90. The Hall–Kier alpha value is -2.02. The van der Waals surface area contributed by atoms with Crippen LogP contribution in [-0.2, 0) is 11.3 Å². The highest BCUT2D eigenvalue weighted by Crippen LogP contribution is 2.15. The molecule has 0 radical (unpaired) electrons. The van der Waals surface area contributed by atoms with E-state index in [-0.39, 0.29) is 13.2 Å². The van der Waals surface area contributed by atoms with Crippen molar-refractivity contribution in [2.75, 3.05) is 13.6 Å². The Kier molecular flexibility index (Phi) is 5.19. The Morgan fingerprint density at radius 1 is 1.39 bits per heavy atom. The Labute approximate surface area is 108 Å². The van der Waals surface area contributed by atoms with Crippen LogP contribution in [0.5, 0.6) is 0 Å². The van der Waals surface area contributed by atoms with E-state index in [9.17, 15) is 4.79 Å². The third kappa shape index (κ3) is 4.10. The van der Waals surface area contributed by atoms with E-state index >= 15 is 0 Å². The minimum absolute atomic E-state index is 0.0329. The summed E-state index contributed by atoms with van der Waals surface area (Å²) < 4.78 is 5.08. The fourth-order valence-electron chi connectivity index (χ4n) is 1.42. The molecule has 96 valence electrons. The zero-order valence-electron chi connectivity index (χ0n) is 11.0. The van der Waals surface area contributed by atoms with Gasteiger partial charge in [-0.1, -0.05) is 38.1 Å². The van der Waals surface area contributed by atoms with Gasteiger partial charge in [-0.05, 0) is 17.0 Å². The zero-order chi connectivity index (χ0) is 13.5. The molecule has 1 amide bonds. The van der Waals surface area contributed by atoms with Gasteiger partial charge in [-0.25, -0.2) is 4.79 Å². The van der Waals surface area contributed by atoms with Gasteiger partial charge >= 0.3 is 6.09 Å². The lowest BCUT2D eigenvalue weighted by atomic mass is 10.0. The van der Waals surface area contributed by atoms with Crippen LogP contribution in [0.3, 0.4) is 0 Å². The lowest BCUT2D eigenvalue weighted by molar-refractivity contribution is 0.108. The first kappa shape index (κ1) is 14.0. The predicted molar refractivity (Wildman–Crippen MR) is 69.0 cm³/mol. The molecule has 0 N–H and O–H groups in total. The van der Waals surface area contributed by atoms with Gasteiger partial charge in [0.25, 0.3) is 0 Å². The summed E-state index contributed by atoms with van der Waals surface area (Å²) in [6, 6.07) is 9.86. The molecule has 4 heteroatoms. The average Bonchev–Trinajstić information content (AvgIpc) is 2.36. The standard InChI is InChI=1S/C14H18N2O2/c1-11(2)13-6-4-12(5-7-13)10-18-14(17)16(3)9-8-15/h4-7,11H,9-10H2,1-3H3. The first-order valence-electron chi connectivity index (χ1n) is 5.88. The van der Waals surface area contributed by atoms with Gasteiger partial charge in [0.05, 0.1) is 6.07 Å². The maximum Gasteiger partial charge on any atom is 0.410 e. The van der Waals surface area contributed by atoms with E-state index in [1.807, 2.05) is 30.3 Å².